The Bertz CT molecular complexity index is 282. The van der Waals surface area contributed by atoms with Gasteiger partial charge in [-0.15, -0.1) is 0 Å². The first kappa shape index (κ1) is 8.30. The third-order valence-corrected chi connectivity index (χ3v) is 1.26. The normalized spacial score (nSPS) is 9.36. The summed E-state index contributed by atoms with van der Waals surface area (Å²) in [6, 6.07) is 0. The zero-order chi connectivity index (χ0) is 8.27. The second-order valence-electron chi connectivity index (χ2n) is 1.67. The number of nitrogens with zero attached hydrogens (tertiary/aromatic N) is 1. The van der Waals surface area contributed by atoms with Crippen LogP contribution in [0.15, 0.2) is 6.33 Å². The zero-order valence-corrected chi connectivity index (χ0v) is 7.60. The first-order valence-electron chi connectivity index (χ1n) is 2.67. The Kier molecular flexibility index (Phi) is 2.68. The number of imidazole rings is 1. The van der Waals surface area contributed by atoms with E-state index in [9.17, 15) is 4.79 Å². The first-order chi connectivity index (χ1) is 5.24. The van der Waals surface area contributed by atoms with Gasteiger partial charge in [-0.2, -0.15) is 0 Å². The fourth-order valence-electron chi connectivity index (χ4n) is 0.573. The van der Waals surface area contributed by atoms with E-state index < -0.39 is 0 Å². The molecule has 1 heterocycles. The minimum absolute atomic E-state index is 0.269. The molecule has 0 saturated heterocycles. The van der Waals surface area contributed by atoms with Gasteiger partial charge < -0.3 is 0 Å². The summed E-state index contributed by atoms with van der Waals surface area (Å²) in [5.41, 5.74) is 5.59. The van der Waals surface area contributed by atoms with Crippen LogP contribution in [0.25, 0.3) is 0 Å². The van der Waals surface area contributed by atoms with Gasteiger partial charge in [0.15, 0.2) is 0 Å². The number of aromatic nitrogens is 2. The van der Waals surface area contributed by atoms with E-state index in [1.807, 2.05) is 19.4 Å². The first-order valence-corrected chi connectivity index (χ1v) is 3.81. The van der Waals surface area contributed by atoms with Crippen LogP contribution in [0.1, 0.15) is 5.69 Å². The molecule has 0 aliphatic carbocycles. The Balaban J connectivity index is 2.84. The van der Waals surface area contributed by atoms with E-state index in [-0.39, 0.29) is 5.69 Å². The molecule has 0 spiro atoms. The van der Waals surface area contributed by atoms with Crippen LogP contribution in [0.4, 0.5) is 5.82 Å². The van der Waals surface area contributed by atoms with E-state index in [0.717, 1.165) is 0 Å². The average molecular weight is 332 g/mol. The number of hydrogen-bond acceptors (Lipinski definition) is 4. The van der Waals surface area contributed by atoms with Crippen LogP contribution in [0.2, 0.25) is 0 Å². The monoisotopic (exact) mass is 332 g/mol. The molecule has 0 amide bonds. The summed E-state index contributed by atoms with van der Waals surface area (Å²) < 4.78 is 0.452. The van der Waals surface area contributed by atoms with Crippen molar-refractivity contribution in [2.45, 2.75) is 0 Å². The Morgan fingerprint density at radius 1 is 1.91 bits per heavy atom. The van der Waals surface area contributed by atoms with Crippen LogP contribution in [-0.4, -0.2) is 20.4 Å². The van der Waals surface area contributed by atoms with Crippen molar-refractivity contribution in [3.8, 4) is 0 Å². The van der Waals surface area contributed by atoms with Gasteiger partial charge >= 0.3 is 73.4 Å². The fourth-order valence-corrected chi connectivity index (χ4v) is 0.842. The molecule has 0 radical (unpaired) electrons. The Labute approximate surface area is 73.8 Å². The number of anilines is 1. The van der Waals surface area contributed by atoms with Gasteiger partial charge in [-0.05, 0) is 0 Å². The van der Waals surface area contributed by atoms with E-state index in [4.69, 9.17) is 5.73 Å². The average Bonchev–Trinajstić information content (AvgIpc) is 2.34. The molecule has 0 bridgehead atoms. The number of H-pyrrole nitrogens is 1. The van der Waals surface area contributed by atoms with Crippen molar-refractivity contribution in [3.63, 3.8) is 0 Å². The van der Waals surface area contributed by atoms with Crippen molar-refractivity contribution in [2.75, 3.05) is 5.32 Å². The van der Waals surface area contributed by atoms with E-state index >= 15 is 0 Å². The Morgan fingerprint density at radius 3 is 3.18 bits per heavy atom. The summed E-state index contributed by atoms with van der Waals surface area (Å²) in [5.74, 6) is 0.396. The van der Waals surface area contributed by atoms with E-state index in [0.29, 0.717) is 9.96 Å². The molecule has 6 heteroatoms. The Morgan fingerprint density at radius 2 is 2.64 bits per heavy atom. The van der Waals surface area contributed by atoms with Gasteiger partial charge in [-0.25, -0.2) is 0 Å². The maximum absolute atomic E-state index is 10.2. The summed E-state index contributed by atoms with van der Waals surface area (Å²) in [6.45, 7) is 0. The van der Waals surface area contributed by atoms with Gasteiger partial charge in [0.05, 0.1) is 0 Å². The van der Waals surface area contributed by atoms with Crippen molar-refractivity contribution in [1.29, 1.82) is 0 Å². The number of nitrogens with two attached hydrogens (primary N) is 1. The second-order valence-corrected chi connectivity index (χ2v) is 2.89. The van der Waals surface area contributed by atoms with E-state index in [1.54, 1.807) is 6.29 Å². The van der Waals surface area contributed by atoms with Gasteiger partial charge in [0, 0.05) is 0 Å². The molecule has 0 aliphatic rings. The molecular weight excluding hydrogens is 327 g/mol. The SMILES string of the molecule is N[C](=[Pt])Nc1nc[nH]c1[C-]=O. The fraction of sp³-hybridized carbons (Fsp3) is 0. The molecule has 0 aliphatic heterocycles. The zero-order valence-electron chi connectivity index (χ0n) is 5.33. The van der Waals surface area contributed by atoms with Crippen LogP contribution in [-0.2, 0) is 24.1 Å². The van der Waals surface area contributed by atoms with Crippen molar-refractivity contribution in [1.82, 2.24) is 9.97 Å². The summed E-state index contributed by atoms with van der Waals surface area (Å²) >= 11 is 1.86. The molecule has 1 aromatic heterocycles. The molecule has 4 N–H and O–H groups in total. The third-order valence-electron chi connectivity index (χ3n) is 0.972. The van der Waals surface area contributed by atoms with Crippen molar-refractivity contribution in [3.05, 3.63) is 12.0 Å². The molecule has 0 fully saturated rings. The molecule has 0 aromatic carbocycles. The molecule has 0 atom stereocenters. The van der Waals surface area contributed by atoms with Crippen LogP contribution >= 0.6 is 0 Å². The van der Waals surface area contributed by atoms with Gasteiger partial charge in [-0.3, -0.25) is 0 Å². The number of carbonyl (C=O) groups excluding carboxylic acids is 1. The third kappa shape index (κ3) is 2.06. The molecule has 0 unspecified atom stereocenters. The summed E-state index contributed by atoms with van der Waals surface area (Å²) in [6.07, 6.45) is 3.07. The molecular formula is C5H5N4OPt-. The standard InChI is InChI=1S/C5H5N4O.Pt/c6-2-7-5-4(1-10)8-3-9-5;/h3,7H,6H2,(H,8,9);/q-1;. The molecule has 0 saturated carbocycles. The maximum atomic E-state index is 10.2. The van der Waals surface area contributed by atoms with Gasteiger partial charge in [0.2, 0.25) is 0 Å². The van der Waals surface area contributed by atoms with Crippen LogP contribution in [0.3, 0.4) is 0 Å². The molecule has 11 heavy (non-hydrogen) atoms. The number of aromatic amines is 1. The second kappa shape index (κ2) is 3.55. The minimum atomic E-state index is 0.269. The summed E-state index contributed by atoms with van der Waals surface area (Å²) in [5, 5.41) is 2.68. The quantitative estimate of drug-likeness (QED) is 0.612. The summed E-state index contributed by atoms with van der Waals surface area (Å²) in [4.78, 5) is 16.6. The van der Waals surface area contributed by atoms with Gasteiger partial charge in [0.1, 0.15) is 0 Å². The Hall–Kier alpha value is -0.802. The topological polar surface area (TPSA) is 83.8 Å². The van der Waals surface area contributed by atoms with E-state index in [1.165, 1.54) is 6.33 Å². The van der Waals surface area contributed by atoms with Crippen LogP contribution < -0.4 is 11.1 Å². The molecule has 62 valence electrons. The molecule has 1 rings (SSSR count). The van der Waals surface area contributed by atoms with Crippen molar-refractivity contribution >= 4 is 16.2 Å². The summed E-state index contributed by atoms with van der Waals surface area (Å²) in [7, 11) is 0. The van der Waals surface area contributed by atoms with E-state index in [2.05, 4.69) is 15.3 Å². The van der Waals surface area contributed by atoms with Crippen molar-refractivity contribution in [2.24, 2.45) is 5.73 Å². The molecule has 1 aromatic rings. The predicted molar refractivity (Wildman–Crippen MR) is 36.2 cm³/mol. The van der Waals surface area contributed by atoms with Gasteiger partial charge in [0.25, 0.3) is 0 Å². The number of rotatable bonds is 3. The number of hydrogen-bond donors (Lipinski definition) is 3. The van der Waals surface area contributed by atoms with Crippen molar-refractivity contribution < 1.29 is 24.1 Å². The number of nitrogens with one attached hydrogen (secondary N) is 2. The van der Waals surface area contributed by atoms with Crippen LogP contribution in [0, 0.1) is 0 Å². The van der Waals surface area contributed by atoms with Gasteiger partial charge in [-0.1, -0.05) is 0 Å². The molecule has 5 nitrogen and oxygen atoms in total. The predicted octanol–water partition coefficient (Wildman–Crippen LogP) is -1.13. The van der Waals surface area contributed by atoms with Crippen LogP contribution in [0.5, 0.6) is 0 Å².